The molecule has 0 saturated heterocycles. The summed E-state index contributed by atoms with van der Waals surface area (Å²) < 4.78 is 1.71. The lowest BCUT2D eigenvalue weighted by atomic mass is 10.0. The Morgan fingerprint density at radius 1 is 1.71 bits per heavy atom. The summed E-state index contributed by atoms with van der Waals surface area (Å²) in [5.74, 6) is 0. The Balaban J connectivity index is 1.98. The molecule has 1 fully saturated rings. The van der Waals surface area contributed by atoms with Crippen molar-refractivity contribution in [2.75, 3.05) is 6.54 Å². The molecule has 0 bridgehead atoms. The van der Waals surface area contributed by atoms with Gasteiger partial charge >= 0.3 is 0 Å². The fourth-order valence-electron chi connectivity index (χ4n) is 1.42. The van der Waals surface area contributed by atoms with Gasteiger partial charge in [-0.25, -0.2) is 0 Å². The highest BCUT2D eigenvalue weighted by Crippen LogP contribution is 2.22. The molecule has 1 atom stereocenters. The van der Waals surface area contributed by atoms with Crippen molar-refractivity contribution < 1.29 is 5.11 Å². The Morgan fingerprint density at radius 2 is 2.43 bits per heavy atom. The van der Waals surface area contributed by atoms with E-state index >= 15 is 0 Å². The number of aliphatic hydroxyl groups is 1. The monoisotopic (exact) mass is 195 g/mol. The van der Waals surface area contributed by atoms with E-state index < -0.39 is 5.60 Å². The summed E-state index contributed by atoms with van der Waals surface area (Å²) in [7, 11) is 1.86. The maximum atomic E-state index is 10.1. The summed E-state index contributed by atoms with van der Waals surface area (Å²) in [5, 5.41) is 17.7. The normalized spacial score (nSPS) is 20.8. The summed E-state index contributed by atoms with van der Waals surface area (Å²) in [6, 6.07) is 2.47. The van der Waals surface area contributed by atoms with Crippen LogP contribution in [0.4, 0.5) is 0 Å². The van der Waals surface area contributed by atoms with Crippen LogP contribution in [0.2, 0.25) is 0 Å². The molecule has 1 aliphatic carbocycles. The van der Waals surface area contributed by atoms with Crippen molar-refractivity contribution in [2.24, 2.45) is 7.05 Å². The van der Waals surface area contributed by atoms with Crippen LogP contribution in [0.15, 0.2) is 12.3 Å². The molecule has 1 aromatic heterocycles. The van der Waals surface area contributed by atoms with Gasteiger partial charge in [-0.05, 0) is 25.8 Å². The third-order valence-electron chi connectivity index (χ3n) is 2.58. The Morgan fingerprint density at radius 3 is 2.93 bits per heavy atom. The zero-order chi connectivity index (χ0) is 10.2. The molecule has 14 heavy (non-hydrogen) atoms. The molecular weight excluding hydrogens is 178 g/mol. The number of hydrogen-bond acceptors (Lipinski definition) is 3. The van der Waals surface area contributed by atoms with Gasteiger partial charge in [0.25, 0.3) is 0 Å². The van der Waals surface area contributed by atoms with E-state index in [0.717, 1.165) is 5.69 Å². The second-order valence-corrected chi connectivity index (χ2v) is 4.30. The second kappa shape index (κ2) is 3.37. The van der Waals surface area contributed by atoms with E-state index in [1.165, 1.54) is 12.8 Å². The minimum Gasteiger partial charge on any atom is -0.382 e. The van der Waals surface area contributed by atoms with Crippen molar-refractivity contribution in [1.29, 1.82) is 0 Å². The van der Waals surface area contributed by atoms with Crippen molar-refractivity contribution in [3.8, 4) is 0 Å². The summed E-state index contributed by atoms with van der Waals surface area (Å²) in [6.45, 7) is 2.37. The maximum Gasteiger partial charge on any atom is 0.118 e. The van der Waals surface area contributed by atoms with Crippen LogP contribution in [0, 0.1) is 0 Å². The predicted molar refractivity (Wildman–Crippen MR) is 53.8 cm³/mol. The molecule has 0 spiro atoms. The molecule has 0 aliphatic heterocycles. The van der Waals surface area contributed by atoms with E-state index in [-0.39, 0.29) is 0 Å². The van der Waals surface area contributed by atoms with Crippen LogP contribution in [0.5, 0.6) is 0 Å². The van der Waals surface area contributed by atoms with Crippen LogP contribution in [0.3, 0.4) is 0 Å². The molecule has 2 N–H and O–H groups in total. The molecular formula is C10H17N3O. The first-order valence-corrected chi connectivity index (χ1v) is 5.04. The quantitative estimate of drug-likeness (QED) is 0.730. The van der Waals surface area contributed by atoms with E-state index in [2.05, 4.69) is 10.4 Å². The summed E-state index contributed by atoms with van der Waals surface area (Å²) >= 11 is 0. The lowest BCUT2D eigenvalue weighted by Gasteiger charge is -2.21. The van der Waals surface area contributed by atoms with Crippen molar-refractivity contribution >= 4 is 0 Å². The number of nitrogens with one attached hydrogen (secondary N) is 1. The van der Waals surface area contributed by atoms with Gasteiger partial charge in [0, 0.05) is 25.8 Å². The number of rotatable bonds is 4. The Kier molecular flexibility index (Phi) is 2.33. The molecule has 1 aliphatic rings. The SMILES string of the molecule is Cn1ccc(C(C)(O)CNC2CC2)n1. The van der Waals surface area contributed by atoms with Crippen LogP contribution < -0.4 is 5.32 Å². The van der Waals surface area contributed by atoms with Gasteiger partial charge in [0.2, 0.25) is 0 Å². The average Bonchev–Trinajstić information content (AvgIpc) is 2.85. The number of aromatic nitrogens is 2. The molecule has 1 unspecified atom stereocenters. The molecule has 78 valence electrons. The van der Waals surface area contributed by atoms with Gasteiger partial charge in [-0.2, -0.15) is 5.10 Å². The van der Waals surface area contributed by atoms with E-state index in [9.17, 15) is 5.11 Å². The van der Waals surface area contributed by atoms with Gasteiger partial charge in [0.05, 0.1) is 5.69 Å². The second-order valence-electron chi connectivity index (χ2n) is 4.30. The van der Waals surface area contributed by atoms with Crippen LogP contribution in [0.1, 0.15) is 25.5 Å². The standard InChI is InChI=1S/C10H17N3O/c1-10(14,7-11-8-3-4-8)9-5-6-13(2)12-9/h5-6,8,11,14H,3-4,7H2,1-2H3. The number of aryl methyl sites for hydroxylation is 1. The molecule has 1 aromatic rings. The van der Waals surface area contributed by atoms with Gasteiger partial charge in [0.1, 0.15) is 5.60 Å². The lowest BCUT2D eigenvalue weighted by Crippen LogP contribution is -2.36. The molecule has 4 nitrogen and oxygen atoms in total. The van der Waals surface area contributed by atoms with Crippen LogP contribution >= 0.6 is 0 Å². The van der Waals surface area contributed by atoms with E-state index in [4.69, 9.17) is 0 Å². The van der Waals surface area contributed by atoms with Gasteiger partial charge in [0.15, 0.2) is 0 Å². The molecule has 1 saturated carbocycles. The topological polar surface area (TPSA) is 50.1 Å². The van der Waals surface area contributed by atoms with Crippen molar-refractivity contribution in [3.63, 3.8) is 0 Å². The molecule has 0 amide bonds. The molecule has 0 radical (unpaired) electrons. The smallest absolute Gasteiger partial charge is 0.118 e. The zero-order valence-corrected chi connectivity index (χ0v) is 8.70. The Labute approximate surface area is 83.9 Å². The van der Waals surface area contributed by atoms with Gasteiger partial charge < -0.3 is 10.4 Å². The van der Waals surface area contributed by atoms with Crippen LogP contribution in [-0.2, 0) is 12.6 Å². The van der Waals surface area contributed by atoms with Crippen LogP contribution in [0.25, 0.3) is 0 Å². The highest BCUT2D eigenvalue weighted by molar-refractivity contribution is 5.10. The van der Waals surface area contributed by atoms with Crippen molar-refractivity contribution in [2.45, 2.75) is 31.4 Å². The first-order valence-electron chi connectivity index (χ1n) is 5.04. The Bertz CT molecular complexity index is 315. The van der Waals surface area contributed by atoms with Gasteiger partial charge in [-0.3, -0.25) is 4.68 Å². The van der Waals surface area contributed by atoms with E-state index in [1.807, 2.05) is 19.3 Å². The van der Waals surface area contributed by atoms with E-state index in [1.54, 1.807) is 11.6 Å². The van der Waals surface area contributed by atoms with Gasteiger partial charge in [-0.1, -0.05) is 0 Å². The first-order chi connectivity index (χ1) is 6.58. The maximum absolute atomic E-state index is 10.1. The lowest BCUT2D eigenvalue weighted by molar-refractivity contribution is 0.0515. The molecule has 1 heterocycles. The first kappa shape index (κ1) is 9.68. The third-order valence-corrected chi connectivity index (χ3v) is 2.58. The molecule has 0 aromatic carbocycles. The largest absolute Gasteiger partial charge is 0.382 e. The highest BCUT2D eigenvalue weighted by Gasteiger charge is 2.29. The summed E-state index contributed by atoms with van der Waals surface area (Å²) in [6.07, 6.45) is 4.32. The number of nitrogens with zero attached hydrogens (tertiary/aromatic N) is 2. The Hall–Kier alpha value is -0.870. The minimum absolute atomic E-state index is 0.578. The number of hydrogen-bond donors (Lipinski definition) is 2. The highest BCUT2D eigenvalue weighted by atomic mass is 16.3. The van der Waals surface area contributed by atoms with Crippen LogP contribution in [-0.4, -0.2) is 27.5 Å². The molecule has 2 rings (SSSR count). The zero-order valence-electron chi connectivity index (χ0n) is 8.70. The third kappa shape index (κ3) is 2.13. The van der Waals surface area contributed by atoms with Crippen molar-refractivity contribution in [3.05, 3.63) is 18.0 Å². The minimum atomic E-state index is -0.857. The predicted octanol–water partition coefficient (Wildman–Crippen LogP) is 0.380. The fourth-order valence-corrected chi connectivity index (χ4v) is 1.42. The molecule has 4 heteroatoms. The summed E-state index contributed by atoms with van der Waals surface area (Å²) in [4.78, 5) is 0. The summed E-state index contributed by atoms with van der Waals surface area (Å²) in [5.41, 5.74) is -0.128. The fraction of sp³-hybridized carbons (Fsp3) is 0.700. The van der Waals surface area contributed by atoms with Crippen molar-refractivity contribution in [1.82, 2.24) is 15.1 Å². The van der Waals surface area contributed by atoms with Gasteiger partial charge in [-0.15, -0.1) is 0 Å². The van der Waals surface area contributed by atoms with E-state index in [0.29, 0.717) is 12.6 Å². The average molecular weight is 195 g/mol.